The summed E-state index contributed by atoms with van der Waals surface area (Å²) in [6, 6.07) is 28.4. The molecule has 2 heterocycles. The number of anilines is 2. The first-order chi connectivity index (χ1) is 18.5. The summed E-state index contributed by atoms with van der Waals surface area (Å²) in [5, 5.41) is 5.29. The van der Waals surface area contributed by atoms with Crippen molar-refractivity contribution in [2.75, 3.05) is 16.8 Å². The fourth-order valence-electron chi connectivity index (χ4n) is 4.34. The van der Waals surface area contributed by atoms with Gasteiger partial charge >= 0.3 is 6.03 Å². The number of fused-ring (bicyclic) bond motifs is 1. The number of nitrogens with zero attached hydrogens (tertiary/aromatic N) is 3. The molecule has 1 aromatic heterocycles. The second kappa shape index (κ2) is 10.9. The zero-order chi connectivity index (χ0) is 26.5. The van der Waals surface area contributed by atoms with Crippen LogP contribution < -0.4 is 15.5 Å². The molecule has 0 bridgehead atoms. The number of amides is 3. The molecular formula is C30H25N5O3. The second-order valence-electron chi connectivity index (χ2n) is 8.74. The fourth-order valence-corrected chi connectivity index (χ4v) is 4.34. The Kier molecular flexibility index (Phi) is 7.04. The fraction of sp³-hybridized carbons (Fsp3) is 0.100. The van der Waals surface area contributed by atoms with Gasteiger partial charge in [0.1, 0.15) is 5.82 Å². The normalized spacial score (nSPS) is 14.7. The van der Waals surface area contributed by atoms with Gasteiger partial charge in [-0.15, -0.1) is 0 Å². The highest BCUT2D eigenvalue weighted by atomic mass is 16.2. The number of aromatic nitrogens is 1. The predicted molar refractivity (Wildman–Crippen MR) is 147 cm³/mol. The van der Waals surface area contributed by atoms with Crippen molar-refractivity contribution in [2.45, 2.75) is 13.1 Å². The van der Waals surface area contributed by atoms with Crippen molar-refractivity contribution >= 4 is 34.9 Å². The number of benzodiazepines with no additional fused rings is 1. The summed E-state index contributed by atoms with van der Waals surface area (Å²) in [6.45, 7) is 1.65. The Morgan fingerprint density at radius 3 is 2.34 bits per heavy atom. The summed E-state index contributed by atoms with van der Waals surface area (Å²) in [6.07, 6.45) is 0.263. The molecule has 1 atom stereocenters. The molecule has 8 nitrogen and oxygen atoms in total. The van der Waals surface area contributed by atoms with Crippen LogP contribution in [0.5, 0.6) is 0 Å². The summed E-state index contributed by atoms with van der Waals surface area (Å²) >= 11 is 0. The van der Waals surface area contributed by atoms with E-state index in [4.69, 9.17) is 4.99 Å². The van der Waals surface area contributed by atoms with Crippen LogP contribution in [-0.2, 0) is 4.79 Å². The molecule has 2 N–H and O–H groups in total. The number of benzene rings is 3. The monoisotopic (exact) mass is 503 g/mol. The number of urea groups is 1. The maximum atomic E-state index is 13.9. The highest BCUT2D eigenvalue weighted by molar-refractivity contribution is 6.21. The van der Waals surface area contributed by atoms with Crippen LogP contribution in [0.1, 0.15) is 27.0 Å². The van der Waals surface area contributed by atoms with Crippen LogP contribution in [0.3, 0.4) is 0 Å². The van der Waals surface area contributed by atoms with Crippen molar-refractivity contribution in [1.29, 1.82) is 0 Å². The summed E-state index contributed by atoms with van der Waals surface area (Å²) in [4.78, 5) is 50.4. The molecule has 8 heteroatoms. The lowest BCUT2D eigenvalue weighted by molar-refractivity contribution is -0.120. The lowest BCUT2D eigenvalue weighted by Gasteiger charge is -2.25. The van der Waals surface area contributed by atoms with Gasteiger partial charge in [-0.2, -0.15) is 0 Å². The third-order valence-corrected chi connectivity index (χ3v) is 6.18. The summed E-state index contributed by atoms with van der Waals surface area (Å²) in [5.41, 5.74) is 3.87. The van der Waals surface area contributed by atoms with Gasteiger partial charge in [0.25, 0.3) is 5.91 Å². The topological polar surface area (TPSA) is 104 Å². The van der Waals surface area contributed by atoms with Gasteiger partial charge in [0, 0.05) is 22.9 Å². The van der Waals surface area contributed by atoms with E-state index in [1.165, 1.54) is 4.90 Å². The zero-order valence-electron chi connectivity index (χ0n) is 20.7. The average molecular weight is 504 g/mol. The van der Waals surface area contributed by atoms with E-state index in [-0.39, 0.29) is 12.3 Å². The number of rotatable bonds is 6. The summed E-state index contributed by atoms with van der Waals surface area (Å²) in [5.74, 6) is -0.416. The van der Waals surface area contributed by atoms with Gasteiger partial charge in [-0.05, 0) is 30.7 Å². The molecule has 38 heavy (non-hydrogen) atoms. The molecule has 0 unspecified atom stereocenters. The lowest BCUT2D eigenvalue weighted by atomic mass is 9.99. The van der Waals surface area contributed by atoms with Gasteiger partial charge in [-0.25, -0.2) is 14.8 Å². The molecule has 0 radical (unpaired) electrons. The minimum Gasteiger partial charge on any atom is -0.308 e. The molecule has 0 saturated heterocycles. The number of nitrogens with one attached hydrogen (secondary N) is 2. The number of carbonyl (C=O) groups is 3. The van der Waals surface area contributed by atoms with Crippen LogP contribution in [0.25, 0.3) is 0 Å². The minimum absolute atomic E-state index is 0.210. The molecule has 188 valence electrons. The van der Waals surface area contributed by atoms with Crippen molar-refractivity contribution in [2.24, 2.45) is 4.99 Å². The summed E-state index contributed by atoms with van der Waals surface area (Å²) in [7, 11) is 0. The number of carbonyl (C=O) groups excluding carboxylic acids is 3. The van der Waals surface area contributed by atoms with E-state index in [0.717, 1.165) is 11.1 Å². The number of aliphatic imine (C=N–C) groups is 1. The number of para-hydroxylation sites is 1. The standard InChI is InChI=1S/C30H25N5O3/c1-20-11-5-6-14-22(20)25(36)19-35-24-16-8-7-15-23(24)27(21-12-3-2-4-13-21)33-28(29(35)37)34-30(38)32-26-17-9-10-18-31-26/h2-18,28H,19H2,1H3,(H2,31,32,34,38)/t28-/m0/s1. The van der Waals surface area contributed by atoms with Crippen LogP contribution in [0.4, 0.5) is 16.3 Å². The third kappa shape index (κ3) is 5.19. The number of ketones is 1. The van der Waals surface area contributed by atoms with Crippen LogP contribution in [0, 0.1) is 6.92 Å². The minimum atomic E-state index is -1.29. The van der Waals surface area contributed by atoms with Crippen LogP contribution in [-0.4, -0.2) is 41.1 Å². The number of hydrogen-bond donors (Lipinski definition) is 2. The predicted octanol–water partition coefficient (Wildman–Crippen LogP) is 4.60. The van der Waals surface area contributed by atoms with E-state index in [0.29, 0.717) is 28.3 Å². The van der Waals surface area contributed by atoms with Crippen LogP contribution in [0.15, 0.2) is 108 Å². The van der Waals surface area contributed by atoms with Crippen LogP contribution >= 0.6 is 0 Å². The van der Waals surface area contributed by atoms with Crippen molar-refractivity contribution < 1.29 is 14.4 Å². The van der Waals surface area contributed by atoms with Gasteiger partial charge in [-0.1, -0.05) is 78.9 Å². The van der Waals surface area contributed by atoms with Crippen molar-refractivity contribution in [3.8, 4) is 0 Å². The lowest BCUT2D eigenvalue weighted by Crippen LogP contribution is -2.50. The largest absolute Gasteiger partial charge is 0.322 e. The Morgan fingerprint density at radius 2 is 1.58 bits per heavy atom. The molecule has 3 aromatic carbocycles. The quantitative estimate of drug-likeness (QED) is 0.375. The van der Waals surface area contributed by atoms with Gasteiger partial charge in [0.2, 0.25) is 6.17 Å². The molecule has 4 aromatic rings. The SMILES string of the molecule is Cc1ccccc1C(=O)CN1C(=O)[C@H](NC(=O)Nc2ccccn2)N=C(c2ccccc2)c2ccccc21. The molecule has 5 rings (SSSR count). The molecule has 1 aliphatic heterocycles. The number of pyridine rings is 1. The van der Waals surface area contributed by atoms with E-state index in [2.05, 4.69) is 15.6 Å². The first-order valence-electron chi connectivity index (χ1n) is 12.1. The summed E-state index contributed by atoms with van der Waals surface area (Å²) < 4.78 is 0. The zero-order valence-corrected chi connectivity index (χ0v) is 20.7. The molecule has 0 saturated carbocycles. The Balaban J connectivity index is 1.55. The number of Topliss-reactive ketones (excluding diaryl/α,β-unsaturated/α-hetero) is 1. The van der Waals surface area contributed by atoms with Gasteiger partial charge < -0.3 is 10.2 Å². The van der Waals surface area contributed by atoms with Crippen molar-refractivity contribution in [1.82, 2.24) is 10.3 Å². The third-order valence-electron chi connectivity index (χ3n) is 6.18. The highest BCUT2D eigenvalue weighted by Crippen LogP contribution is 2.28. The van der Waals surface area contributed by atoms with Crippen molar-refractivity contribution in [3.63, 3.8) is 0 Å². The number of aryl methyl sites for hydroxylation is 1. The Morgan fingerprint density at radius 1 is 0.868 bits per heavy atom. The average Bonchev–Trinajstić information content (AvgIpc) is 3.05. The first-order valence-corrected chi connectivity index (χ1v) is 12.1. The number of hydrogen-bond acceptors (Lipinski definition) is 5. The van der Waals surface area contributed by atoms with Crippen molar-refractivity contribution in [3.05, 3.63) is 126 Å². The smallest absolute Gasteiger partial charge is 0.308 e. The molecule has 0 fully saturated rings. The Labute approximate surface area is 220 Å². The van der Waals surface area contributed by atoms with Gasteiger partial charge in [0.05, 0.1) is 17.9 Å². The first kappa shape index (κ1) is 24.6. The maximum absolute atomic E-state index is 13.9. The molecule has 3 amide bonds. The highest BCUT2D eigenvalue weighted by Gasteiger charge is 2.34. The Hall–Kier alpha value is -5.11. The van der Waals surface area contributed by atoms with E-state index >= 15 is 0 Å². The molecule has 0 spiro atoms. The molecule has 0 aliphatic carbocycles. The van der Waals surface area contributed by atoms with E-state index in [1.807, 2.05) is 67.6 Å². The van der Waals surface area contributed by atoms with E-state index < -0.39 is 18.1 Å². The van der Waals surface area contributed by atoms with Gasteiger partial charge in [0.15, 0.2) is 5.78 Å². The second-order valence-corrected chi connectivity index (χ2v) is 8.74. The molecule has 1 aliphatic rings. The maximum Gasteiger partial charge on any atom is 0.322 e. The van der Waals surface area contributed by atoms with Gasteiger partial charge in [-0.3, -0.25) is 14.9 Å². The Bertz CT molecular complexity index is 1520. The van der Waals surface area contributed by atoms with E-state index in [1.54, 1.807) is 42.6 Å². The molecular weight excluding hydrogens is 478 g/mol. The van der Waals surface area contributed by atoms with Crippen LogP contribution in [0.2, 0.25) is 0 Å². The van der Waals surface area contributed by atoms with E-state index in [9.17, 15) is 14.4 Å².